The topological polar surface area (TPSA) is 34.1 Å². The molecule has 0 saturated carbocycles. The first-order chi connectivity index (χ1) is 9.70. The van der Waals surface area contributed by atoms with E-state index in [0.717, 1.165) is 17.9 Å². The summed E-state index contributed by atoms with van der Waals surface area (Å²) in [7, 11) is 1.72. The minimum atomic E-state index is 0.237. The summed E-state index contributed by atoms with van der Waals surface area (Å²) in [6.07, 6.45) is 2.76. The standard InChI is InChI=1S/C17H22N2O/c1-13(12-15-8-4-5-10-17(15)20-3)19-14(2)16-9-6-7-11-18-16/h4-11,13-14,19H,12H2,1-3H3. The van der Waals surface area contributed by atoms with Crippen LogP contribution in [-0.4, -0.2) is 18.1 Å². The maximum atomic E-state index is 5.40. The molecule has 106 valence electrons. The highest BCUT2D eigenvalue weighted by molar-refractivity contribution is 5.33. The molecule has 2 rings (SSSR count). The summed E-state index contributed by atoms with van der Waals surface area (Å²) in [5.74, 6) is 0.951. The molecule has 1 heterocycles. The van der Waals surface area contributed by atoms with Gasteiger partial charge in [0.05, 0.1) is 12.8 Å². The van der Waals surface area contributed by atoms with Gasteiger partial charge in [-0.25, -0.2) is 0 Å². The van der Waals surface area contributed by atoms with E-state index >= 15 is 0 Å². The highest BCUT2D eigenvalue weighted by atomic mass is 16.5. The molecule has 0 aliphatic rings. The lowest BCUT2D eigenvalue weighted by atomic mass is 10.0. The Morgan fingerprint density at radius 3 is 2.55 bits per heavy atom. The van der Waals surface area contributed by atoms with E-state index in [1.807, 2.05) is 42.6 Å². The molecule has 0 fully saturated rings. The molecule has 1 aromatic heterocycles. The Kier molecular flexibility index (Phi) is 5.13. The molecule has 20 heavy (non-hydrogen) atoms. The van der Waals surface area contributed by atoms with Crippen LogP contribution >= 0.6 is 0 Å². The average molecular weight is 270 g/mol. The monoisotopic (exact) mass is 270 g/mol. The highest BCUT2D eigenvalue weighted by Crippen LogP contribution is 2.19. The SMILES string of the molecule is COc1ccccc1CC(C)NC(C)c1ccccn1. The van der Waals surface area contributed by atoms with E-state index in [4.69, 9.17) is 4.74 Å². The van der Waals surface area contributed by atoms with Crippen molar-refractivity contribution in [3.8, 4) is 5.75 Å². The number of nitrogens with one attached hydrogen (secondary N) is 1. The predicted octanol–water partition coefficient (Wildman–Crippen LogP) is 3.37. The van der Waals surface area contributed by atoms with Gasteiger partial charge in [-0.2, -0.15) is 0 Å². The molecule has 2 atom stereocenters. The average Bonchev–Trinajstić information content (AvgIpc) is 2.48. The first-order valence-corrected chi connectivity index (χ1v) is 6.99. The van der Waals surface area contributed by atoms with E-state index in [1.165, 1.54) is 5.56 Å². The van der Waals surface area contributed by atoms with Crippen molar-refractivity contribution < 1.29 is 4.74 Å². The number of para-hydroxylation sites is 1. The third kappa shape index (κ3) is 3.81. The third-order valence-corrected chi connectivity index (χ3v) is 3.38. The number of rotatable bonds is 6. The van der Waals surface area contributed by atoms with Gasteiger partial charge in [-0.05, 0) is 44.0 Å². The third-order valence-electron chi connectivity index (χ3n) is 3.38. The molecule has 3 heteroatoms. The largest absolute Gasteiger partial charge is 0.496 e. The van der Waals surface area contributed by atoms with E-state index < -0.39 is 0 Å². The molecular weight excluding hydrogens is 248 g/mol. The van der Waals surface area contributed by atoms with E-state index in [9.17, 15) is 0 Å². The normalized spacial score (nSPS) is 13.8. The van der Waals surface area contributed by atoms with Gasteiger partial charge in [0, 0.05) is 18.3 Å². The van der Waals surface area contributed by atoms with Gasteiger partial charge in [0.1, 0.15) is 5.75 Å². The fourth-order valence-electron chi connectivity index (χ4n) is 2.40. The van der Waals surface area contributed by atoms with Gasteiger partial charge in [-0.1, -0.05) is 24.3 Å². The van der Waals surface area contributed by atoms with Gasteiger partial charge in [0.2, 0.25) is 0 Å². The summed E-state index contributed by atoms with van der Waals surface area (Å²) in [5.41, 5.74) is 2.29. The molecule has 1 aromatic carbocycles. The molecule has 3 nitrogen and oxygen atoms in total. The van der Waals surface area contributed by atoms with Gasteiger partial charge in [-0.3, -0.25) is 4.98 Å². The fraction of sp³-hybridized carbons (Fsp3) is 0.353. The maximum Gasteiger partial charge on any atom is 0.122 e. The van der Waals surface area contributed by atoms with Crippen molar-refractivity contribution in [3.05, 3.63) is 59.9 Å². The van der Waals surface area contributed by atoms with Crippen LogP contribution in [0.25, 0.3) is 0 Å². The number of hydrogen-bond donors (Lipinski definition) is 1. The molecule has 0 aliphatic carbocycles. The van der Waals surface area contributed by atoms with Crippen LogP contribution in [0, 0.1) is 0 Å². The van der Waals surface area contributed by atoms with E-state index in [0.29, 0.717) is 6.04 Å². The maximum absolute atomic E-state index is 5.40. The summed E-state index contributed by atoms with van der Waals surface area (Å²) < 4.78 is 5.40. The first kappa shape index (κ1) is 14.5. The summed E-state index contributed by atoms with van der Waals surface area (Å²) in [6, 6.07) is 14.8. The molecule has 0 spiro atoms. The zero-order chi connectivity index (χ0) is 14.4. The Labute approximate surface area is 121 Å². The number of methoxy groups -OCH3 is 1. The number of nitrogens with zero attached hydrogens (tertiary/aromatic N) is 1. The Hall–Kier alpha value is -1.87. The second-order valence-electron chi connectivity index (χ2n) is 5.06. The molecule has 1 N–H and O–H groups in total. The second-order valence-corrected chi connectivity index (χ2v) is 5.06. The van der Waals surface area contributed by atoms with Crippen molar-refractivity contribution in [1.29, 1.82) is 0 Å². The summed E-state index contributed by atoms with van der Waals surface area (Å²) in [5, 5.41) is 3.58. The minimum absolute atomic E-state index is 0.237. The lowest BCUT2D eigenvalue weighted by Crippen LogP contribution is -2.31. The van der Waals surface area contributed by atoms with E-state index in [-0.39, 0.29) is 6.04 Å². The lowest BCUT2D eigenvalue weighted by molar-refractivity contribution is 0.402. The Morgan fingerprint density at radius 1 is 1.10 bits per heavy atom. The molecule has 0 aliphatic heterocycles. The predicted molar refractivity (Wildman–Crippen MR) is 81.9 cm³/mol. The molecule has 0 radical (unpaired) electrons. The van der Waals surface area contributed by atoms with Gasteiger partial charge in [-0.15, -0.1) is 0 Å². The quantitative estimate of drug-likeness (QED) is 0.874. The van der Waals surface area contributed by atoms with Crippen molar-refractivity contribution in [2.45, 2.75) is 32.4 Å². The molecule has 2 aromatic rings. The molecule has 0 amide bonds. The van der Waals surface area contributed by atoms with Crippen LogP contribution < -0.4 is 10.1 Å². The van der Waals surface area contributed by atoms with Crippen LogP contribution in [-0.2, 0) is 6.42 Å². The first-order valence-electron chi connectivity index (χ1n) is 6.99. The smallest absolute Gasteiger partial charge is 0.122 e. The Bertz CT molecular complexity index is 528. The van der Waals surface area contributed by atoms with Crippen LogP contribution in [0.3, 0.4) is 0 Å². The number of benzene rings is 1. The van der Waals surface area contributed by atoms with Crippen LogP contribution in [0.1, 0.15) is 31.1 Å². The van der Waals surface area contributed by atoms with Crippen LogP contribution in [0.5, 0.6) is 5.75 Å². The zero-order valence-electron chi connectivity index (χ0n) is 12.3. The Morgan fingerprint density at radius 2 is 1.85 bits per heavy atom. The number of aromatic nitrogens is 1. The van der Waals surface area contributed by atoms with Crippen molar-refractivity contribution in [2.75, 3.05) is 7.11 Å². The minimum Gasteiger partial charge on any atom is -0.496 e. The van der Waals surface area contributed by atoms with Crippen LogP contribution in [0.4, 0.5) is 0 Å². The van der Waals surface area contributed by atoms with Crippen LogP contribution in [0.15, 0.2) is 48.7 Å². The number of pyridine rings is 1. The zero-order valence-corrected chi connectivity index (χ0v) is 12.3. The number of hydrogen-bond acceptors (Lipinski definition) is 3. The van der Waals surface area contributed by atoms with E-state index in [2.05, 4.69) is 30.2 Å². The van der Waals surface area contributed by atoms with Crippen LogP contribution in [0.2, 0.25) is 0 Å². The van der Waals surface area contributed by atoms with Crippen molar-refractivity contribution >= 4 is 0 Å². The van der Waals surface area contributed by atoms with Gasteiger partial charge in [0.25, 0.3) is 0 Å². The molecule has 0 saturated heterocycles. The summed E-state index contributed by atoms with van der Waals surface area (Å²) in [4.78, 5) is 4.39. The number of ether oxygens (including phenoxy) is 1. The van der Waals surface area contributed by atoms with Gasteiger partial charge in [0.15, 0.2) is 0 Å². The van der Waals surface area contributed by atoms with Crippen molar-refractivity contribution in [3.63, 3.8) is 0 Å². The Balaban J connectivity index is 1.97. The lowest BCUT2D eigenvalue weighted by Gasteiger charge is -2.20. The molecule has 0 bridgehead atoms. The second kappa shape index (κ2) is 7.06. The molecular formula is C17H22N2O. The van der Waals surface area contributed by atoms with Crippen molar-refractivity contribution in [2.24, 2.45) is 0 Å². The van der Waals surface area contributed by atoms with Gasteiger partial charge < -0.3 is 10.1 Å². The van der Waals surface area contributed by atoms with Crippen molar-refractivity contribution in [1.82, 2.24) is 10.3 Å². The summed E-state index contributed by atoms with van der Waals surface area (Å²) in [6.45, 7) is 4.33. The van der Waals surface area contributed by atoms with Gasteiger partial charge >= 0.3 is 0 Å². The highest BCUT2D eigenvalue weighted by Gasteiger charge is 2.12. The summed E-state index contributed by atoms with van der Waals surface area (Å²) >= 11 is 0. The molecule has 2 unspecified atom stereocenters. The fourth-order valence-corrected chi connectivity index (χ4v) is 2.40. The van der Waals surface area contributed by atoms with E-state index in [1.54, 1.807) is 7.11 Å².